The van der Waals surface area contributed by atoms with Crippen LogP contribution >= 0.6 is 34.7 Å². The number of thioether (sulfide) groups is 1. The summed E-state index contributed by atoms with van der Waals surface area (Å²) in [5, 5.41) is 3.95. The highest BCUT2D eigenvalue weighted by atomic mass is 35.5. The Morgan fingerprint density at radius 1 is 1.28 bits per heavy atom. The molecule has 0 bridgehead atoms. The van der Waals surface area contributed by atoms with Gasteiger partial charge in [-0.25, -0.2) is 4.39 Å². The van der Waals surface area contributed by atoms with Crippen LogP contribution in [0.5, 0.6) is 0 Å². The number of anilines is 2. The molecule has 0 aliphatic carbocycles. The standard InChI is InChI=1S/C21H20ClFN2O2S2/c1-27-12-14-19-16(23)3-2-4-18(19)29-20(14)21(26)24-13-5-6-17(15(22)11-13)25-7-9-28-10-8-25/h2-6,11H,7-10,12H2,1H3,(H,24,26). The van der Waals surface area contributed by atoms with E-state index in [0.717, 1.165) is 35.0 Å². The number of hydrogen-bond acceptors (Lipinski definition) is 5. The van der Waals surface area contributed by atoms with Crippen molar-refractivity contribution in [2.45, 2.75) is 6.61 Å². The second-order valence-electron chi connectivity index (χ2n) is 6.68. The Morgan fingerprint density at radius 3 is 2.79 bits per heavy atom. The summed E-state index contributed by atoms with van der Waals surface area (Å²) in [5.41, 5.74) is 2.15. The first-order chi connectivity index (χ1) is 14.1. The fraction of sp³-hybridized carbons (Fsp3) is 0.286. The van der Waals surface area contributed by atoms with E-state index >= 15 is 0 Å². The van der Waals surface area contributed by atoms with Crippen molar-refractivity contribution in [3.8, 4) is 0 Å². The molecule has 0 unspecified atom stereocenters. The van der Waals surface area contributed by atoms with Crippen LogP contribution in [0, 0.1) is 5.82 Å². The smallest absolute Gasteiger partial charge is 0.266 e. The lowest BCUT2D eigenvalue weighted by molar-refractivity contribution is 0.102. The highest BCUT2D eigenvalue weighted by Gasteiger charge is 2.21. The first-order valence-corrected chi connectivity index (χ1v) is 11.6. The van der Waals surface area contributed by atoms with Gasteiger partial charge in [0.15, 0.2) is 0 Å². The number of methoxy groups -OCH3 is 1. The largest absolute Gasteiger partial charge is 0.380 e. The van der Waals surface area contributed by atoms with Crippen LogP contribution < -0.4 is 10.2 Å². The number of benzene rings is 2. The zero-order valence-electron chi connectivity index (χ0n) is 15.8. The van der Waals surface area contributed by atoms with Gasteiger partial charge < -0.3 is 15.0 Å². The van der Waals surface area contributed by atoms with E-state index in [-0.39, 0.29) is 18.3 Å². The second-order valence-corrected chi connectivity index (χ2v) is 9.36. The molecular weight excluding hydrogens is 431 g/mol. The highest BCUT2D eigenvalue weighted by Crippen LogP contribution is 2.35. The Hall–Kier alpha value is -1.80. The van der Waals surface area contributed by atoms with Gasteiger partial charge in [0.05, 0.1) is 22.2 Å². The normalized spacial score (nSPS) is 14.4. The predicted octanol–water partition coefficient (Wildman–Crippen LogP) is 5.65. The second kappa shape index (κ2) is 8.92. The minimum absolute atomic E-state index is 0.163. The zero-order chi connectivity index (χ0) is 20.4. The Morgan fingerprint density at radius 2 is 2.07 bits per heavy atom. The van der Waals surface area contributed by atoms with E-state index in [4.69, 9.17) is 16.3 Å². The van der Waals surface area contributed by atoms with E-state index in [9.17, 15) is 9.18 Å². The number of rotatable bonds is 5. The van der Waals surface area contributed by atoms with Crippen LogP contribution in [0.2, 0.25) is 5.02 Å². The van der Waals surface area contributed by atoms with Gasteiger partial charge in [0.25, 0.3) is 5.91 Å². The molecule has 4 nitrogen and oxygen atoms in total. The van der Waals surface area contributed by atoms with E-state index in [1.807, 2.05) is 30.0 Å². The van der Waals surface area contributed by atoms with Gasteiger partial charge in [-0.1, -0.05) is 17.7 Å². The average Bonchev–Trinajstić information content (AvgIpc) is 3.09. The SMILES string of the molecule is COCc1c(C(=O)Nc2ccc(N3CCSCC3)c(Cl)c2)sc2cccc(F)c12. The summed E-state index contributed by atoms with van der Waals surface area (Å²) in [5.74, 6) is 1.52. The van der Waals surface area contributed by atoms with Crippen molar-refractivity contribution in [2.75, 3.05) is 41.9 Å². The van der Waals surface area contributed by atoms with Crippen molar-refractivity contribution in [3.05, 3.63) is 57.7 Å². The van der Waals surface area contributed by atoms with Crippen molar-refractivity contribution in [3.63, 3.8) is 0 Å². The molecule has 1 aromatic heterocycles. The highest BCUT2D eigenvalue weighted by molar-refractivity contribution is 7.99. The van der Waals surface area contributed by atoms with E-state index in [2.05, 4.69) is 10.2 Å². The number of thiophene rings is 1. The van der Waals surface area contributed by atoms with Crippen molar-refractivity contribution in [2.24, 2.45) is 0 Å². The molecule has 29 heavy (non-hydrogen) atoms. The fourth-order valence-electron chi connectivity index (χ4n) is 3.47. The number of ether oxygens (including phenoxy) is 1. The maximum Gasteiger partial charge on any atom is 0.266 e. The van der Waals surface area contributed by atoms with Crippen LogP contribution in [0.4, 0.5) is 15.8 Å². The summed E-state index contributed by atoms with van der Waals surface area (Å²) in [6.07, 6.45) is 0. The monoisotopic (exact) mass is 450 g/mol. The summed E-state index contributed by atoms with van der Waals surface area (Å²) in [4.78, 5) is 15.7. The van der Waals surface area contributed by atoms with Gasteiger partial charge in [-0.3, -0.25) is 4.79 Å². The number of halogens is 2. The maximum atomic E-state index is 14.3. The van der Waals surface area contributed by atoms with Gasteiger partial charge in [0.2, 0.25) is 0 Å². The molecule has 1 saturated heterocycles. The zero-order valence-corrected chi connectivity index (χ0v) is 18.2. The quantitative estimate of drug-likeness (QED) is 0.545. The molecule has 0 atom stereocenters. The minimum atomic E-state index is -0.350. The number of nitrogens with zero attached hydrogens (tertiary/aromatic N) is 1. The first kappa shape index (κ1) is 20.5. The number of carbonyl (C=O) groups excluding carboxylic acids is 1. The maximum absolute atomic E-state index is 14.3. The van der Waals surface area contributed by atoms with Gasteiger partial charge in [-0.2, -0.15) is 11.8 Å². The Labute approximate surface area is 182 Å². The van der Waals surface area contributed by atoms with E-state index in [0.29, 0.717) is 26.5 Å². The van der Waals surface area contributed by atoms with Crippen LogP contribution in [0.3, 0.4) is 0 Å². The van der Waals surface area contributed by atoms with Crippen molar-refractivity contribution in [1.82, 2.24) is 0 Å². The predicted molar refractivity (Wildman–Crippen MR) is 121 cm³/mol. The summed E-state index contributed by atoms with van der Waals surface area (Å²) in [6.45, 7) is 2.09. The molecule has 0 spiro atoms. The molecule has 0 radical (unpaired) electrons. The number of nitrogens with one attached hydrogen (secondary N) is 1. The van der Waals surface area contributed by atoms with Crippen LogP contribution in [-0.4, -0.2) is 37.6 Å². The van der Waals surface area contributed by atoms with Crippen LogP contribution in [0.1, 0.15) is 15.2 Å². The van der Waals surface area contributed by atoms with Gasteiger partial charge in [-0.15, -0.1) is 11.3 Å². The van der Waals surface area contributed by atoms with Crippen LogP contribution in [0.15, 0.2) is 36.4 Å². The molecule has 2 heterocycles. The molecule has 1 fully saturated rings. The van der Waals surface area contributed by atoms with Gasteiger partial charge in [-0.05, 0) is 30.3 Å². The summed E-state index contributed by atoms with van der Waals surface area (Å²) < 4.78 is 20.3. The van der Waals surface area contributed by atoms with Crippen molar-refractivity contribution >= 4 is 62.1 Å². The molecule has 8 heteroatoms. The first-order valence-electron chi connectivity index (χ1n) is 9.21. The van der Waals surface area contributed by atoms with Crippen LogP contribution in [0.25, 0.3) is 10.1 Å². The third-order valence-corrected chi connectivity index (χ3v) is 7.26. The van der Waals surface area contributed by atoms with Gasteiger partial charge in [0, 0.05) is 53.0 Å². The minimum Gasteiger partial charge on any atom is -0.380 e. The molecule has 1 amide bonds. The molecule has 3 aromatic rings. The number of carbonyl (C=O) groups is 1. The van der Waals surface area contributed by atoms with Crippen molar-refractivity contribution < 1.29 is 13.9 Å². The topological polar surface area (TPSA) is 41.6 Å². The Kier molecular flexibility index (Phi) is 6.29. The average molecular weight is 451 g/mol. The number of hydrogen-bond donors (Lipinski definition) is 1. The van der Waals surface area contributed by atoms with Crippen molar-refractivity contribution in [1.29, 1.82) is 0 Å². The molecule has 4 rings (SSSR count). The van der Waals surface area contributed by atoms with E-state index in [1.165, 1.54) is 24.5 Å². The summed E-state index contributed by atoms with van der Waals surface area (Å²) in [7, 11) is 1.53. The number of amides is 1. The van der Waals surface area contributed by atoms with E-state index in [1.54, 1.807) is 12.1 Å². The van der Waals surface area contributed by atoms with Gasteiger partial charge in [0.1, 0.15) is 5.82 Å². The van der Waals surface area contributed by atoms with Crippen LogP contribution in [-0.2, 0) is 11.3 Å². The number of fused-ring (bicyclic) bond motifs is 1. The molecule has 1 aliphatic rings. The molecule has 1 aliphatic heterocycles. The third kappa shape index (κ3) is 4.23. The summed E-state index contributed by atoms with van der Waals surface area (Å²) >= 11 is 9.69. The Balaban J connectivity index is 1.60. The lowest BCUT2D eigenvalue weighted by Crippen LogP contribution is -2.32. The Bertz CT molecular complexity index is 1050. The molecular formula is C21H20ClFN2O2S2. The molecule has 0 saturated carbocycles. The molecule has 2 aromatic carbocycles. The fourth-order valence-corrected chi connectivity index (χ4v) is 5.79. The third-order valence-electron chi connectivity index (χ3n) is 4.82. The van der Waals surface area contributed by atoms with Gasteiger partial charge >= 0.3 is 0 Å². The summed E-state index contributed by atoms with van der Waals surface area (Å²) in [6, 6.07) is 10.4. The molecule has 1 N–H and O–H groups in total. The molecule has 152 valence electrons. The lowest BCUT2D eigenvalue weighted by Gasteiger charge is -2.29. The lowest BCUT2D eigenvalue weighted by atomic mass is 10.1. The van der Waals surface area contributed by atoms with E-state index < -0.39 is 0 Å².